The quantitative estimate of drug-likeness (QED) is 0.848. The van der Waals surface area contributed by atoms with Crippen LogP contribution in [0.4, 0.5) is 0 Å². The summed E-state index contributed by atoms with van der Waals surface area (Å²) in [6.45, 7) is 7.60. The summed E-state index contributed by atoms with van der Waals surface area (Å²) in [6.07, 6.45) is 0.792. The lowest BCUT2D eigenvalue weighted by molar-refractivity contribution is -0.140. The van der Waals surface area contributed by atoms with Crippen molar-refractivity contribution < 1.29 is 9.90 Å². The molecule has 1 aromatic heterocycles. The molecule has 0 saturated heterocycles. The Bertz CT molecular complexity index is 389. The second-order valence-corrected chi connectivity index (χ2v) is 4.27. The number of nitrogens with zero attached hydrogens (tertiary/aromatic N) is 2. The van der Waals surface area contributed by atoms with E-state index >= 15 is 0 Å². The number of carbonyl (C=O) groups is 1. The summed E-state index contributed by atoms with van der Waals surface area (Å²) in [5.74, 6) is -1.06. The molecule has 0 amide bonds. The fourth-order valence-electron chi connectivity index (χ4n) is 1.67. The van der Waals surface area contributed by atoms with Gasteiger partial charge in [-0.2, -0.15) is 0 Å². The van der Waals surface area contributed by atoms with Crippen molar-refractivity contribution >= 4 is 5.97 Å². The van der Waals surface area contributed by atoms with Gasteiger partial charge in [0.15, 0.2) is 0 Å². The number of carboxylic acids is 1. The molecule has 0 saturated carbocycles. The van der Waals surface area contributed by atoms with Crippen LogP contribution in [0.25, 0.3) is 0 Å². The van der Waals surface area contributed by atoms with Crippen molar-refractivity contribution in [1.82, 2.24) is 9.97 Å². The molecule has 0 fully saturated rings. The third-order valence-electron chi connectivity index (χ3n) is 2.50. The number of aliphatic carboxylic acids is 1. The third kappa shape index (κ3) is 2.78. The Kier molecular flexibility index (Phi) is 3.99. The van der Waals surface area contributed by atoms with Crippen molar-refractivity contribution in [1.29, 1.82) is 0 Å². The lowest BCUT2D eigenvalue weighted by atomic mass is 9.95. The Hall–Kier alpha value is -1.45. The van der Waals surface area contributed by atoms with E-state index in [2.05, 4.69) is 9.97 Å². The molecule has 1 N–H and O–H groups in total. The molecule has 0 aromatic carbocycles. The van der Waals surface area contributed by atoms with Gasteiger partial charge in [-0.1, -0.05) is 20.8 Å². The number of carboxylic acid groups (broad SMARTS) is 1. The summed E-state index contributed by atoms with van der Waals surface area (Å²) in [5, 5.41) is 9.17. The van der Waals surface area contributed by atoms with Gasteiger partial charge >= 0.3 is 5.97 Å². The van der Waals surface area contributed by atoms with Crippen LogP contribution in [0, 0.1) is 12.8 Å². The molecule has 0 radical (unpaired) electrons. The molecule has 16 heavy (non-hydrogen) atoms. The van der Waals surface area contributed by atoms with Crippen LogP contribution < -0.4 is 0 Å². The number of hydrogen-bond donors (Lipinski definition) is 1. The molecule has 0 spiro atoms. The van der Waals surface area contributed by atoms with Crippen LogP contribution in [0.1, 0.15) is 43.9 Å². The third-order valence-corrected chi connectivity index (χ3v) is 2.50. The first kappa shape index (κ1) is 12.6. The Labute approximate surface area is 95.7 Å². The first-order chi connectivity index (χ1) is 7.45. The lowest BCUT2D eigenvalue weighted by Gasteiger charge is -2.15. The number of aromatic nitrogens is 2. The molecular formula is C12H18N2O2. The van der Waals surface area contributed by atoms with Crippen LogP contribution in [0.3, 0.4) is 0 Å². The largest absolute Gasteiger partial charge is 0.481 e. The first-order valence-electron chi connectivity index (χ1n) is 5.53. The van der Waals surface area contributed by atoms with E-state index < -0.39 is 11.9 Å². The minimum absolute atomic E-state index is 0.0102. The predicted octanol–water partition coefficient (Wildman–Crippen LogP) is 2.17. The van der Waals surface area contributed by atoms with Crippen LogP contribution in [-0.4, -0.2) is 21.0 Å². The average Bonchev–Trinajstić information content (AvgIpc) is 2.15. The van der Waals surface area contributed by atoms with Gasteiger partial charge in [-0.3, -0.25) is 4.79 Å². The maximum absolute atomic E-state index is 11.2. The summed E-state index contributed by atoms with van der Waals surface area (Å²) >= 11 is 0. The normalized spacial score (nSPS) is 12.8. The molecule has 1 unspecified atom stereocenters. The Morgan fingerprint density at radius 3 is 2.50 bits per heavy atom. The maximum atomic E-state index is 11.2. The summed E-state index contributed by atoms with van der Waals surface area (Å²) < 4.78 is 0. The van der Waals surface area contributed by atoms with Gasteiger partial charge in [0.2, 0.25) is 0 Å². The number of aryl methyl sites for hydroxylation is 2. The SMILES string of the molecule is CCc1cc(C)nc(C(C(=O)O)C(C)C)n1. The molecule has 1 atom stereocenters. The minimum atomic E-state index is -0.859. The van der Waals surface area contributed by atoms with Gasteiger partial charge in [-0.25, -0.2) is 9.97 Å². The van der Waals surface area contributed by atoms with Crippen LogP contribution in [-0.2, 0) is 11.2 Å². The second-order valence-electron chi connectivity index (χ2n) is 4.27. The van der Waals surface area contributed by atoms with Crippen molar-refractivity contribution in [3.63, 3.8) is 0 Å². The van der Waals surface area contributed by atoms with E-state index in [1.807, 2.05) is 33.8 Å². The van der Waals surface area contributed by atoms with E-state index in [0.29, 0.717) is 5.82 Å². The molecule has 88 valence electrons. The van der Waals surface area contributed by atoms with Gasteiger partial charge in [0, 0.05) is 11.4 Å². The van der Waals surface area contributed by atoms with Crippen LogP contribution >= 0.6 is 0 Å². The first-order valence-corrected chi connectivity index (χ1v) is 5.53. The van der Waals surface area contributed by atoms with E-state index in [9.17, 15) is 9.90 Å². The Morgan fingerprint density at radius 2 is 2.06 bits per heavy atom. The monoisotopic (exact) mass is 222 g/mol. The molecule has 4 nitrogen and oxygen atoms in total. The van der Waals surface area contributed by atoms with Gasteiger partial charge in [0.1, 0.15) is 11.7 Å². The van der Waals surface area contributed by atoms with Gasteiger partial charge in [0.05, 0.1) is 0 Å². The summed E-state index contributed by atoms with van der Waals surface area (Å²) in [5.41, 5.74) is 1.73. The number of hydrogen-bond acceptors (Lipinski definition) is 3. The van der Waals surface area contributed by atoms with E-state index in [1.54, 1.807) is 0 Å². The number of rotatable bonds is 4. The molecule has 4 heteroatoms. The Morgan fingerprint density at radius 1 is 1.44 bits per heavy atom. The van der Waals surface area contributed by atoms with Crippen molar-refractivity contribution in [2.45, 2.75) is 40.0 Å². The van der Waals surface area contributed by atoms with Crippen molar-refractivity contribution in [3.8, 4) is 0 Å². The molecule has 1 rings (SSSR count). The van der Waals surface area contributed by atoms with E-state index in [0.717, 1.165) is 17.8 Å². The highest BCUT2D eigenvalue weighted by atomic mass is 16.4. The Balaban J connectivity index is 3.18. The summed E-state index contributed by atoms with van der Waals surface area (Å²) in [4.78, 5) is 19.7. The smallest absolute Gasteiger partial charge is 0.314 e. The fourth-order valence-corrected chi connectivity index (χ4v) is 1.67. The molecular weight excluding hydrogens is 204 g/mol. The highest BCUT2D eigenvalue weighted by Crippen LogP contribution is 2.22. The van der Waals surface area contributed by atoms with Crippen molar-refractivity contribution in [3.05, 3.63) is 23.3 Å². The lowest BCUT2D eigenvalue weighted by Crippen LogP contribution is -2.21. The van der Waals surface area contributed by atoms with Gasteiger partial charge in [-0.05, 0) is 25.3 Å². The zero-order valence-corrected chi connectivity index (χ0v) is 10.2. The van der Waals surface area contributed by atoms with Crippen LogP contribution in [0.15, 0.2) is 6.07 Å². The highest BCUT2D eigenvalue weighted by molar-refractivity contribution is 5.75. The van der Waals surface area contributed by atoms with Crippen molar-refractivity contribution in [2.75, 3.05) is 0 Å². The van der Waals surface area contributed by atoms with Gasteiger partial charge in [0.25, 0.3) is 0 Å². The summed E-state index contributed by atoms with van der Waals surface area (Å²) in [7, 11) is 0. The molecule has 1 aromatic rings. The van der Waals surface area contributed by atoms with E-state index in [1.165, 1.54) is 0 Å². The molecule has 0 aliphatic carbocycles. The molecule has 0 aliphatic rings. The highest BCUT2D eigenvalue weighted by Gasteiger charge is 2.26. The second kappa shape index (κ2) is 5.05. The minimum Gasteiger partial charge on any atom is -0.481 e. The van der Waals surface area contributed by atoms with Crippen molar-refractivity contribution in [2.24, 2.45) is 5.92 Å². The summed E-state index contributed by atoms with van der Waals surface area (Å²) in [6, 6.07) is 1.89. The van der Waals surface area contributed by atoms with Gasteiger partial charge in [-0.15, -0.1) is 0 Å². The zero-order chi connectivity index (χ0) is 12.3. The zero-order valence-electron chi connectivity index (χ0n) is 10.2. The van der Waals surface area contributed by atoms with E-state index in [4.69, 9.17) is 0 Å². The van der Waals surface area contributed by atoms with Crippen LogP contribution in [0.2, 0.25) is 0 Å². The average molecular weight is 222 g/mol. The predicted molar refractivity (Wildman–Crippen MR) is 61.4 cm³/mol. The van der Waals surface area contributed by atoms with Gasteiger partial charge < -0.3 is 5.11 Å². The molecule has 0 aliphatic heterocycles. The maximum Gasteiger partial charge on any atom is 0.314 e. The molecule has 0 bridgehead atoms. The standard InChI is InChI=1S/C12H18N2O2/c1-5-9-6-8(4)13-11(14-9)10(7(2)3)12(15)16/h6-7,10H,5H2,1-4H3,(H,15,16). The fraction of sp³-hybridized carbons (Fsp3) is 0.583. The van der Waals surface area contributed by atoms with Crippen LogP contribution in [0.5, 0.6) is 0 Å². The molecule has 1 heterocycles. The topological polar surface area (TPSA) is 63.1 Å². The van der Waals surface area contributed by atoms with E-state index in [-0.39, 0.29) is 5.92 Å².